The number of anilines is 1. The average Bonchev–Trinajstić information content (AvgIpc) is 2.64. The van der Waals surface area contributed by atoms with Crippen molar-refractivity contribution in [1.82, 2.24) is 0 Å². The van der Waals surface area contributed by atoms with E-state index in [0.717, 1.165) is 16.4 Å². The summed E-state index contributed by atoms with van der Waals surface area (Å²) in [6.45, 7) is 6.05. The Balaban J connectivity index is 1.97. The first-order valence-corrected chi connectivity index (χ1v) is 9.50. The van der Waals surface area contributed by atoms with Gasteiger partial charge in [-0.15, -0.1) is 11.8 Å². The van der Waals surface area contributed by atoms with Crippen LogP contribution >= 0.6 is 11.8 Å². The van der Waals surface area contributed by atoms with Crippen LogP contribution < -0.4 is 10.1 Å². The molecule has 0 bridgehead atoms. The Bertz CT molecular complexity index is 746. The van der Waals surface area contributed by atoms with Crippen LogP contribution in [0, 0.1) is 0 Å². The molecule has 6 heteroatoms. The number of thioether (sulfide) groups is 1. The van der Waals surface area contributed by atoms with Crippen LogP contribution in [0.15, 0.2) is 53.4 Å². The number of hydrogen-bond donors (Lipinski definition) is 1. The molecule has 5 nitrogen and oxygen atoms in total. The number of benzene rings is 2. The third kappa shape index (κ3) is 5.52. The third-order valence-corrected chi connectivity index (χ3v) is 4.45. The van der Waals surface area contributed by atoms with E-state index in [1.165, 1.54) is 0 Å². The third-order valence-electron chi connectivity index (χ3n) is 3.49. The number of amides is 1. The summed E-state index contributed by atoms with van der Waals surface area (Å²) in [4.78, 5) is 25.5. The van der Waals surface area contributed by atoms with Crippen molar-refractivity contribution >= 4 is 29.3 Å². The van der Waals surface area contributed by atoms with Crippen LogP contribution in [0.3, 0.4) is 0 Å². The highest BCUT2D eigenvalue weighted by atomic mass is 32.2. The van der Waals surface area contributed by atoms with Gasteiger partial charge in [0.2, 0.25) is 0 Å². The molecule has 0 heterocycles. The van der Waals surface area contributed by atoms with Crippen LogP contribution in [0.4, 0.5) is 5.69 Å². The minimum atomic E-state index is -0.909. The van der Waals surface area contributed by atoms with Crippen molar-refractivity contribution in [1.29, 1.82) is 0 Å². The van der Waals surface area contributed by atoms with Gasteiger partial charge in [-0.2, -0.15) is 0 Å². The van der Waals surface area contributed by atoms with Gasteiger partial charge in [0, 0.05) is 10.6 Å². The number of carbonyl (C=O) groups is 2. The maximum absolute atomic E-state index is 12.4. The molecule has 0 saturated heterocycles. The van der Waals surface area contributed by atoms with Crippen molar-refractivity contribution in [3.8, 4) is 5.75 Å². The van der Waals surface area contributed by atoms with E-state index in [0.29, 0.717) is 17.9 Å². The minimum Gasteiger partial charge on any atom is -0.494 e. The zero-order valence-electron chi connectivity index (χ0n) is 15.2. The Morgan fingerprint density at radius 2 is 1.77 bits per heavy atom. The topological polar surface area (TPSA) is 64.6 Å². The van der Waals surface area contributed by atoms with Crippen LogP contribution in [0.2, 0.25) is 0 Å². The van der Waals surface area contributed by atoms with E-state index < -0.39 is 12.1 Å². The molecule has 0 aliphatic carbocycles. The molecule has 26 heavy (non-hydrogen) atoms. The molecule has 1 atom stereocenters. The molecular weight excluding hydrogens is 350 g/mol. The van der Waals surface area contributed by atoms with E-state index >= 15 is 0 Å². The fourth-order valence-corrected chi connectivity index (χ4v) is 3.03. The zero-order chi connectivity index (χ0) is 18.9. The monoisotopic (exact) mass is 373 g/mol. The maximum Gasteiger partial charge on any atom is 0.340 e. The number of nitrogens with one attached hydrogen (secondary N) is 1. The van der Waals surface area contributed by atoms with Crippen LogP contribution in [0.5, 0.6) is 5.75 Å². The molecule has 2 rings (SSSR count). The van der Waals surface area contributed by atoms with Crippen LogP contribution in [-0.4, -0.2) is 30.3 Å². The molecule has 0 fully saturated rings. The number of carbonyl (C=O) groups excluding carboxylic acids is 2. The van der Waals surface area contributed by atoms with Gasteiger partial charge in [0.25, 0.3) is 5.91 Å². The van der Waals surface area contributed by atoms with E-state index in [1.807, 2.05) is 26.0 Å². The average molecular weight is 373 g/mol. The molecule has 2 aromatic carbocycles. The number of hydrogen-bond acceptors (Lipinski definition) is 5. The number of esters is 1. The SMILES string of the molecule is CCOc1ccc(NC(=O)[C@@H](C)OC(=O)c2ccccc2SCC)cc1. The highest BCUT2D eigenvalue weighted by molar-refractivity contribution is 7.99. The summed E-state index contributed by atoms with van der Waals surface area (Å²) in [5, 5.41) is 2.73. The molecule has 0 unspecified atom stereocenters. The van der Waals surface area contributed by atoms with E-state index in [9.17, 15) is 9.59 Å². The fraction of sp³-hybridized carbons (Fsp3) is 0.300. The van der Waals surface area contributed by atoms with Crippen molar-refractivity contribution in [3.63, 3.8) is 0 Å². The summed E-state index contributed by atoms with van der Waals surface area (Å²) in [5.41, 5.74) is 1.09. The molecular formula is C20H23NO4S. The lowest BCUT2D eigenvalue weighted by atomic mass is 10.2. The summed E-state index contributed by atoms with van der Waals surface area (Å²) in [7, 11) is 0. The molecule has 2 aromatic rings. The largest absolute Gasteiger partial charge is 0.494 e. The van der Waals surface area contributed by atoms with Gasteiger partial charge in [0.1, 0.15) is 5.75 Å². The van der Waals surface area contributed by atoms with Gasteiger partial charge in [-0.25, -0.2) is 4.79 Å². The van der Waals surface area contributed by atoms with E-state index in [4.69, 9.17) is 9.47 Å². The summed E-state index contributed by atoms with van der Waals surface area (Å²) in [6, 6.07) is 14.3. The van der Waals surface area contributed by atoms with Gasteiger partial charge in [-0.05, 0) is 56.0 Å². The Kier molecular flexibility index (Phi) is 7.53. The quantitative estimate of drug-likeness (QED) is 0.549. The summed E-state index contributed by atoms with van der Waals surface area (Å²) in [5.74, 6) is 0.687. The van der Waals surface area contributed by atoms with Gasteiger partial charge >= 0.3 is 5.97 Å². The Morgan fingerprint density at radius 3 is 2.42 bits per heavy atom. The van der Waals surface area contributed by atoms with Gasteiger partial charge in [0.15, 0.2) is 6.10 Å². The molecule has 0 aliphatic heterocycles. The fourth-order valence-electron chi connectivity index (χ4n) is 2.24. The molecule has 138 valence electrons. The maximum atomic E-state index is 12.4. The number of rotatable bonds is 8. The first-order chi connectivity index (χ1) is 12.5. The van der Waals surface area contributed by atoms with Crippen molar-refractivity contribution in [3.05, 3.63) is 54.1 Å². The Hall–Kier alpha value is -2.47. The molecule has 1 amide bonds. The highest BCUT2D eigenvalue weighted by Gasteiger charge is 2.20. The molecule has 0 spiro atoms. The van der Waals surface area contributed by atoms with Gasteiger partial charge in [0.05, 0.1) is 12.2 Å². The predicted molar refractivity (Wildman–Crippen MR) is 104 cm³/mol. The minimum absolute atomic E-state index is 0.386. The van der Waals surface area contributed by atoms with Gasteiger partial charge in [-0.1, -0.05) is 19.1 Å². The Morgan fingerprint density at radius 1 is 1.08 bits per heavy atom. The van der Waals surface area contributed by atoms with Crippen LogP contribution in [-0.2, 0) is 9.53 Å². The first-order valence-electron chi connectivity index (χ1n) is 8.51. The predicted octanol–water partition coefficient (Wildman–Crippen LogP) is 4.38. The first kappa shape index (κ1) is 19.8. The standard InChI is InChI=1S/C20H23NO4S/c1-4-24-16-12-10-15(11-13-16)21-19(22)14(3)25-20(23)17-8-6-7-9-18(17)26-5-2/h6-14H,4-5H2,1-3H3,(H,21,22)/t14-/m1/s1. The second-order valence-corrected chi connectivity index (χ2v) is 6.73. The van der Waals surface area contributed by atoms with Crippen molar-refractivity contribution in [2.24, 2.45) is 0 Å². The number of ether oxygens (including phenoxy) is 2. The summed E-state index contributed by atoms with van der Waals surface area (Å²) in [6.07, 6.45) is -0.909. The summed E-state index contributed by atoms with van der Waals surface area (Å²) >= 11 is 1.56. The normalized spacial score (nSPS) is 11.5. The van der Waals surface area contributed by atoms with E-state index in [2.05, 4.69) is 5.32 Å². The van der Waals surface area contributed by atoms with Gasteiger partial charge < -0.3 is 14.8 Å². The Labute approximate surface area is 158 Å². The van der Waals surface area contributed by atoms with Crippen LogP contribution in [0.25, 0.3) is 0 Å². The van der Waals surface area contributed by atoms with E-state index in [-0.39, 0.29) is 5.91 Å². The molecule has 0 aromatic heterocycles. The molecule has 0 aliphatic rings. The van der Waals surface area contributed by atoms with Crippen molar-refractivity contribution in [2.75, 3.05) is 17.7 Å². The van der Waals surface area contributed by atoms with Crippen molar-refractivity contribution in [2.45, 2.75) is 31.8 Å². The molecule has 0 radical (unpaired) electrons. The van der Waals surface area contributed by atoms with Crippen LogP contribution in [0.1, 0.15) is 31.1 Å². The second-order valence-electron chi connectivity index (χ2n) is 5.42. The van der Waals surface area contributed by atoms with Gasteiger partial charge in [-0.3, -0.25) is 4.79 Å². The molecule has 0 saturated carbocycles. The van der Waals surface area contributed by atoms with Crippen molar-refractivity contribution < 1.29 is 19.1 Å². The smallest absolute Gasteiger partial charge is 0.340 e. The van der Waals surface area contributed by atoms with E-state index in [1.54, 1.807) is 55.1 Å². The molecule has 1 N–H and O–H groups in total. The zero-order valence-corrected chi connectivity index (χ0v) is 16.0. The lowest BCUT2D eigenvalue weighted by molar-refractivity contribution is -0.123. The lowest BCUT2D eigenvalue weighted by Gasteiger charge is -2.15. The lowest BCUT2D eigenvalue weighted by Crippen LogP contribution is -2.30. The summed E-state index contributed by atoms with van der Waals surface area (Å²) < 4.78 is 10.7. The highest BCUT2D eigenvalue weighted by Crippen LogP contribution is 2.23. The second kappa shape index (κ2) is 9.87.